The summed E-state index contributed by atoms with van der Waals surface area (Å²) >= 11 is 0. The van der Waals surface area contributed by atoms with Gasteiger partial charge in [0, 0.05) is 19.3 Å². The molecule has 1 unspecified atom stereocenters. The molecular weight excluding hydrogens is 190 g/mol. The summed E-state index contributed by atoms with van der Waals surface area (Å²) in [5, 5.41) is 10.0. The van der Waals surface area contributed by atoms with Gasteiger partial charge in [0.15, 0.2) is 9.84 Å². The predicted octanol–water partition coefficient (Wildman–Crippen LogP) is -0.0741. The van der Waals surface area contributed by atoms with Crippen LogP contribution in [0.15, 0.2) is 0 Å². The van der Waals surface area contributed by atoms with Crippen molar-refractivity contribution in [3.8, 4) is 0 Å². The summed E-state index contributed by atoms with van der Waals surface area (Å²) in [4.78, 5) is 2.06. The first-order valence-electron chi connectivity index (χ1n) is 4.53. The van der Waals surface area contributed by atoms with Crippen LogP contribution >= 0.6 is 0 Å². The van der Waals surface area contributed by atoms with E-state index in [4.69, 9.17) is 0 Å². The molecule has 1 rings (SSSR count). The fourth-order valence-electron chi connectivity index (χ4n) is 1.64. The largest absolute Gasteiger partial charge is 0.302 e. The summed E-state index contributed by atoms with van der Waals surface area (Å²) in [6.07, 6.45) is 2.63. The van der Waals surface area contributed by atoms with Gasteiger partial charge in [0.25, 0.3) is 0 Å². The number of likely N-dealkylation sites (tertiary alicyclic amines) is 1. The highest BCUT2D eigenvalue weighted by Crippen LogP contribution is 2.15. The monoisotopic (exact) mass is 206 g/mol. The average molecular weight is 206 g/mol. The van der Waals surface area contributed by atoms with Crippen LogP contribution in [0.3, 0.4) is 0 Å². The van der Waals surface area contributed by atoms with E-state index >= 15 is 0 Å². The summed E-state index contributed by atoms with van der Waals surface area (Å²) in [5.74, 6) is 0. The maximum atomic E-state index is 11.2. The molecule has 5 heteroatoms. The number of sulfone groups is 1. The van der Waals surface area contributed by atoms with Crippen molar-refractivity contribution in [3.05, 3.63) is 0 Å². The first-order chi connectivity index (χ1) is 6.04. The molecule has 0 aromatic heterocycles. The summed E-state index contributed by atoms with van der Waals surface area (Å²) in [6, 6.07) is 0. The molecule has 1 heterocycles. The molecule has 1 radical (unpaired) electrons. The van der Waals surface area contributed by atoms with Gasteiger partial charge in [-0.2, -0.15) is 0 Å². The standard InChI is InChI=1S/C8H16NO3S/c1-13(11,12)8-3-5-9(7-8)4-2-6-10/h8H,2-7H2,1H3. The normalized spacial score (nSPS) is 25.2. The van der Waals surface area contributed by atoms with E-state index in [-0.39, 0.29) is 11.9 Å². The van der Waals surface area contributed by atoms with E-state index in [0.29, 0.717) is 13.0 Å². The lowest BCUT2D eigenvalue weighted by Gasteiger charge is -2.13. The van der Waals surface area contributed by atoms with Crippen LogP contribution in [0.25, 0.3) is 0 Å². The van der Waals surface area contributed by atoms with Gasteiger partial charge in [0.05, 0.1) is 11.9 Å². The quantitative estimate of drug-likeness (QED) is 0.646. The third-order valence-corrected chi connectivity index (χ3v) is 4.05. The molecule has 0 amide bonds. The zero-order valence-electron chi connectivity index (χ0n) is 7.90. The van der Waals surface area contributed by atoms with Crippen LogP contribution in [-0.4, -0.2) is 51.1 Å². The van der Waals surface area contributed by atoms with Crippen molar-refractivity contribution in [1.29, 1.82) is 0 Å². The first kappa shape index (κ1) is 10.9. The van der Waals surface area contributed by atoms with E-state index in [1.165, 1.54) is 6.26 Å². The molecule has 13 heavy (non-hydrogen) atoms. The summed E-state index contributed by atoms with van der Waals surface area (Å²) in [5.41, 5.74) is 0. The van der Waals surface area contributed by atoms with Crippen LogP contribution in [0.4, 0.5) is 0 Å². The van der Waals surface area contributed by atoms with Gasteiger partial charge in [-0.25, -0.2) is 13.5 Å². The third-order valence-electron chi connectivity index (χ3n) is 2.45. The second kappa shape index (κ2) is 4.39. The third kappa shape index (κ3) is 3.25. The number of hydrogen-bond acceptors (Lipinski definition) is 3. The molecule has 1 atom stereocenters. The van der Waals surface area contributed by atoms with E-state index in [1.54, 1.807) is 0 Å². The highest BCUT2D eigenvalue weighted by atomic mass is 32.2. The number of rotatable bonds is 4. The van der Waals surface area contributed by atoms with Gasteiger partial charge >= 0.3 is 0 Å². The molecule has 0 bridgehead atoms. The highest BCUT2D eigenvalue weighted by Gasteiger charge is 2.29. The maximum absolute atomic E-state index is 11.2. The Balaban J connectivity index is 2.37. The molecule has 4 nitrogen and oxygen atoms in total. The van der Waals surface area contributed by atoms with Crippen molar-refractivity contribution in [2.24, 2.45) is 0 Å². The Morgan fingerprint density at radius 3 is 2.62 bits per heavy atom. The highest BCUT2D eigenvalue weighted by molar-refractivity contribution is 7.91. The molecule has 1 aliphatic rings. The summed E-state index contributed by atoms with van der Waals surface area (Å²) in [6.45, 7) is 2.10. The lowest BCUT2D eigenvalue weighted by molar-refractivity contribution is 0.173. The fraction of sp³-hybridized carbons (Fsp3) is 1.00. The Labute approximate surface area is 79.5 Å². The Morgan fingerprint density at radius 1 is 1.46 bits per heavy atom. The van der Waals surface area contributed by atoms with Crippen LogP contribution in [0.5, 0.6) is 0 Å². The number of hydrogen-bond donors (Lipinski definition) is 0. The van der Waals surface area contributed by atoms with Crippen molar-refractivity contribution >= 4 is 9.84 Å². The molecule has 0 aromatic rings. The molecule has 0 N–H and O–H groups in total. The van der Waals surface area contributed by atoms with Crippen molar-refractivity contribution in [1.82, 2.24) is 4.90 Å². The maximum Gasteiger partial charge on any atom is 0.151 e. The van der Waals surface area contributed by atoms with Gasteiger partial charge in [0.2, 0.25) is 0 Å². The van der Waals surface area contributed by atoms with Crippen LogP contribution in [-0.2, 0) is 14.9 Å². The van der Waals surface area contributed by atoms with Gasteiger partial charge in [0.1, 0.15) is 0 Å². The van der Waals surface area contributed by atoms with Crippen molar-refractivity contribution in [2.45, 2.75) is 18.1 Å². The van der Waals surface area contributed by atoms with Crippen LogP contribution in [0.2, 0.25) is 0 Å². The smallest absolute Gasteiger partial charge is 0.151 e. The second-order valence-corrected chi connectivity index (χ2v) is 5.92. The molecule has 77 valence electrons. The SMILES string of the molecule is CS(=O)(=O)C1CCN(CCC[O])C1. The van der Waals surface area contributed by atoms with E-state index in [9.17, 15) is 13.5 Å². The number of nitrogens with zero attached hydrogens (tertiary/aromatic N) is 1. The molecule has 1 saturated heterocycles. The van der Waals surface area contributed by atoms with Crippen LogP contribution in [0, 0.1) is 0 Å². The van der Waals surface area contributed by atoms with Crippen LogP contribution in [0.1, 0.15) is 12.8 Å². The zero-order chi connectivity index (χ0) is 9.90. The van der Waals surface area contributed by atoms with Crippen molar-refractivity contribution in [2.75, 3.05) is 32.5 Å². The van der Waals surface area contributed by atoms with Gasteiger partial charge in [-0.05, 0) is 19.4 Å². The minimum Gasteiger partial charge on any atom is -0.302 e. The van der Waals surface area contributed by atoms with E-state index in [1.807, 2.05) is 0 Å². The molecule has 1 aliphatic heterocycles. The van der Waals surface area contributed by atoms with Gasteiger partial charge < -0.3 is 4.90 Å². The molecule has 1 fully saturated rings. The van der Waals surface area contributed by atoms with E-state index in [0.717, 1.165) is 19.5 Å². The van der Waals surface area contributed by atoms with Gasteiger partial charge in [-0.15, -0.1) is 0 Å². The lowest BCUT2D eigenvalue weighted by atomic mass is 10.4. The van der Waals surface area contributed by atoms with Crippen molar-refractivity contribution in [3.63, 3.8) is 0 Å². The molecule has 0 aromatic carbocycles. The second-order valence-electron chi connectivity index (χ2n) is 3.60. The minimum absolute atomic E-state index is 0.0694. The van der Waals surface area contributed by atoms with Gasteiger partial charge in [-0.3, -0.25) is 0 Å². The van der Waals surface area contributed by atoms with Gasteiger partial charge in [-0.1, -0.05) is 0 Å². The lowest BCUT2D eigenvalue weighted by Crippen LogP contribution is -2.27. The Bertz CT molecular complexity index is 250. The Kier molecular flexibility index (Phi) is 3.70. The molecule has 0 saturated carbocycles. The van der Waals surface area contributed by atoms with Crippen molar-refractivity contribution < 1.29 is 13.5 Å². The fourth-order valence-corrected chi connectivity index (χ4v) is 2.65. The Morgan fingerprint density at radius 2 is 2.15 bits per heavy atom. The zero-order valence-corrected chi connectivity index (χ0v) is 8.72. The summed E-state index contributed by atoms with van der Waals surface area (Å²) < 4.78 is 22.3. The molecule has 0 aliphatic carbocycles. The predicted molar refractivity (Wildman–Crippen MR) is 49.9 cm³/mol. The topological polar surface area (TPSA) is 57.3 Å². The molecular formula is C8H16NO3S. The average Bonchev–Trinajstić information content (AvgIpc) is 2.47. The first-order valence-corrected chi connectivity index (χ1v) is 6.49. The minimum atomic E-state index is -2.88. The van der Waals surface area contributed by atoms with Crippen LogP contribution < -0.4 is 0 Å². The Hall–Kier alpha value is -0.130. The van der Waals surface area contributed by atoms with E-state index < -0.39 is 9.84 Å². The van der Waals surface area contributed by atoms with E-state index in [2.05, 4.69) is 4.90 Å². The summed E-state index contributed by atoms with van der Waals surface area (Å²) in [7, 11) is -2.88. The molecule has 0 spiro atoms.